The van der Waals surface area contributed by atoms with Crippen LogP contribution >= 0.6 is 10.0 Å². The molecule has 1 aliphatic carbocycles. The number of para-hydroxylation sites is 1. The van der Waals surface area contributed by atoms with Gasteiger partial charge in [0.2, 0.25) is 0 Å². The smallest absolute Gasteiger partial charge is 0.0462 e. The predicted octanol–water partition coefficient (Wildman–Crippen LogP) is 16.0. The summed E-state index contributed by atoms with van der Waals surface area (Å²) in [6.07, 6.45) is 14.1. The molecule has 0 heterocycles. The van der Waals surface area contributed by atoms with Crippen LogP contribution in [0.25, 0.3) is 89.0 Å². The van der Waals surface area contributed by atoms with Gasteiger partial charge in [-0.1, -0.05) is 163 Å². The summed E-state index contributed by atoms with van der Waals surface area (Å²) in [5.41, 5.74) is 14.8. The van der Waals surface area contributed by atoms with E-state index in [1.54, 1.807) is 0 Å². The highest BCUT2D eigenvalue weighted by atomic mass is 32.3. The Balaban J connectivity index is 1.07. The number of rotatable bonds is 8. The summed E-state index contributed by atoms with van der Waals surface area (Å²) in [6.45, 7) is 2.17. The van der Waals surface area contributed by atoms with Crippen molar-refractivity contribution in [3.63, 3.8) is 0 Å². The second-order valence-corrected chi connectivity index (χ2v) is 22.1. The van der Waals surface area contributed by atoms with Crippen molar-refractivity contribution in [2.24, 2.45) is 0 Å². The van der Waals surface area contributed by atoms with Gasteiger partial charge in [0, 0.05) is 17.1 Å². The van der Waals surface area contributed by atoms with Crippen molar-refractivity contribution in [2.45, 2.75) is 24.7 Å². The van der Waals surface area contributed by atoms with Gasteiger partial charge in [0.05, 0.1) is 0 Å². The number of aryl methyl sites for hydroxylation is 1. The molecule has 11 rings (SSSR count). The first-order valence-electron chi connectivity index (χ1n) is 22.4. The van der Waals surface area contributed by atoms with Crippen molar-refractivity contribution in [2.75, 3.05) is 23.7 Å². The highest BCUT2D eigenvalue weighted by molar-refractivity contribution is 8.32. The van der Waals surface area contributed by atoms with E-state index in [4.69, 9.17) is 0 Å². The van der Waals surface area contributed by atoms with Crippen molar-refractivity contribution >= 4 is 71.6 Å². The molecule has 0 radical (unpaired) electrons. The molecule has 0 unspecified atom stereocenters. The van der Waals surface area contributed by atoms with E-state index in [9.17, 15) is 0 Å². The molecule has 0 saturated heterocycles. The minimum absolute atomic E-state index is 0.827. The average molecular weight is 842 g/mol. The van der Waals surface area contributed by atoms with Gasteiger partial charge in [-0.15, -0.1) is 0 Å². The van der Waals surface area contributed by atoms with Crippen molar-refractivity contribution < 1.29 is 0 Å². The highest BCUT2D eigenvalue weighted by Gasteiger charge is 2.21. The van der Waals surface area contributed by atoms with Crippen LogP contribution < -0.4 is 15.3 Å². The molecule has 2 heteroatoms. The lowest BCUT2D eigenvalue weighted by atomic mass is 9.83. The molecule has 310 valence electrons. The van der Waals surface area contributed by atoms with Gasteiger partial charge in [-0.2, -0.15) is 0 Å². The fourth-order valence-electron chi connectivity index (χ4n) is 10.1. The molecule has 10 aromatic rings. The Hall–Kier alpha value is -7.13. The van der Waals surface area contributed by atoms with Crippen LogP contribution in [-0.4, -0.2) is 18.8 Å². The van der Waals surface area contributed by atoms with Crippen molar-refractivity contribution in [1.29, 1.82) is 0 Å². The number of benzene rings is 10. The van der Waals surface area contributed by atoms with Crippen LogP contribution in [-0.2, 0) is 0 Å². The van der Waals surface area contributed by atoms with Crippen molar-refractivity contribution in [3.05, 3.63) is 216 Å². The van der Waals surface area contributed by atoms with E-state index >= 15 is 0 Å². The van der Waals surface area contributed by atoms with E-state index in [0.717, 1.165) is 29.9 Å². The Morgan fingerprint density at radius 3 is 1.22 bits per heavy atom. The lowest BCUT2D eigenvalue weighted by molar-refractivity contribution is 1.12. The fourth-order valence-corrected chi connectivity index (χ4v) is 11.0. The van der Waals surface area contributed by atoms with Gasteiger partial charge in [-0.3, -0.25) is 0 Å². The standard InChI is InChI=1S/C62H51NS/c1-42-29-31-43(32-30-42)59-51-21-8-12-25-55(51)61(56-26-13-9-22-52(56)59)45-17-16-18-46(41-45)62-57-27-14-10-23-53(57)60(54-24-11-15-28-58(54)62)44-33-35-48(36-34-44)63(47-19-6-5-7-20-47)49-37-39-50(40-38-49)64(2,3)4/h5-8,10-12,14-41H,9,13H2,1-4H3. The van der Waals surface area contributed by atoms with E-state index < -0.39 is 10.0 Å². The molecule has 0 saturated carbocycles. The Morgan fingerprint density at radius 1 is 0.344 bits per heavy atom. The molecule has 0 amide bonds. The SMILES string of the molecule is Cc1ccc(-c2c3c(c(-c4cccc(-c5c6ccccc6c(-c6ccc(N(c7ccccc7)c7ccc(S(C)(C)C)cc7)cc6)c6ccccc56)c4)c4ccccc24)=CCCC=3)cc1. The maximum atomic E-state index is 2.48. The minimum atomic E-state index is -0.827. The van der Waals surface area contributed by atoms with Gasteiger partial charge in [-0.05, 0) is 185 Å². The largest absolute Gasteiger partial charge is 0.311 e. The highest BCUT2D eigenvalue weighted by Crippen LogP contribution is 2.48. The van der Waals surface area contributed by atoms with Gasteiger partial charge in [0.15, 0.2) is 0 Å². The molecule has 0 bridgehead atoms. The average Bonchev–Trinajstić information content (AvgIpc) is 3.33. The normalized spacial score (nSPS) is 12.8. The first kappa shape index (κ1) is 39.7. The summed E-state index contributed by atoms with van der Waals surface area (Å²) in [5, 5.41) is 10.3. The fraction of sp³-hybridized carbons (Fsp3) is 0.0968. The molecule has 1 aliphatic rings. The Kier molecular flexibility index (Phi) is 10.1. The third kappa shape index (κ3) is 7.00. The van der Waals surface area contributed by atoms with Crippen LogP contribution in [0.2, 0.25) is 0 Å². The predicted molar refractivity (Wildman–Crippen MR) is 281 cm³/mol. The van der Waals surface area contributed by atoms with E-state index in [0.29, 0.717) is 0 Å². The molecule has 0 aliphatic heterocycles. The number of fused-ring (bicyclic) bond motifs is 4. The molecule has 0 fully saturated rings. The second-order valence-electron chi connectivity index (χ2n) is 17.9. The lowest BCUT2D eigenvalue weighted by Gasteiger charge is -2.29. The molecular weight excluding hydrogens is 791 g/mol. The van der Waals surface area contributed by atoms with Gasteiger partial charge >= 0.3 is 0 Å². The van der Waals surface area contributed by atoms with Crippen molar-refractivity contribution in [3.8, 4) is 44.5 Å². The number of hydrogen-bond donors (Lipinski definition) is 0. The molecule has 10 aromatic carbocycles. The zero-order chi connectivity index (χ0) is 43.4. The van der Waals surface area contributed by atoms with E-state index in [-0.39, 0.29) is 0 Å². The van der Waals surface area contributed by atoms with Crippen LogP contribution in [0.15, 0.2) is 205 Å². The Morgan fingerprint density at radius 2 is 0.719 bits per heavy atom. The first-order chi connectivity index (χ1) is 31.3. The number of hydrogen-bond acceptors (Lipinski definition) is 1. The molecule has 0 atom stereocenters. The summed E-state index contributed by atoms with van der Waals surface area (Å²) in [4.78, 5) is 3.77. The van der Waals surface area contributed by atoms with Crippen LogP contribution in [0.1, 0.15) is 18.4 Å². The molecular formula is C62H51NS. The van der Waals surface area contributed by atoms with Gasteiger partial charge in [0.25, 0.3) is 0 Å². The molecule has 0 spiro atoms. The first-order valence-corrected chi connectivity index (χ1v) is 25.3. The summed E-state index contributed by atoms with van der Waals surface area (Å²) < 4.78 is 0. The van der Waals surface area contributed by atoms with Crippen LogP contribution in [0, 0.1) is 6.92 Å². The lowest BCUT2D eigenvalue weighted by Crippen LogP contribution is -2.31. The van der Waals surface area contributed by atoms with E-state index in [1.807, 2.05) is 0 Å². The van der Waals surface area contributed by atoms with E-state index in [2.05, 4.69) is 243 Å². The Bertz CT molecular complexity index is 3450. The Labute approximate surface area is 378 Å². The van der Waals surface area contributed by atoms with Crippen LogP contribution in [0.3, 0.4) is 0 Å². The third-order valence-corrected chi connectivity index (χ3v) is 14.8. The molecule has 1 nitrogen and oxygen atoms in total. The summed E-state index contributed by atoms with van der Waals surface area (Å²) in [7, 11) is -0.827. The van der Waals surface area contributed by atoms with Gasteiger partial charge in [-0.25, -0.2) is 10.0 Å². The van der Waals surface area contributed by atoms with Gasteiger partial charge in [0.1, 0.15) is 0 Å². The summed E-state index contributed by atoms with van der Waals surface area (Å²) >= 11 is 0. The van der Waals surface area contributed by atoms with Crippen LogP contribution in [0.5, 0.6) is 0 Å². The topological polar surface area (TPSA) is 3.24 Å². The van der Waals surface area contributed by atoms with Crippen molar-refractivity contribution in [1.82, 2.24) is 0 Å². The zero-order valence-electron chi connectivity index (χ0n) is 37.0. The van der Waals surface area contributed by atoms with Gasteiger partial charge < -0.3 is 4.90 Å². The molecule has 64 heavy (non-hydrogen) atoms. The monoisotopic (exact) mass is 841 g/mol. The summed E-state index contributed by atoms with van der Waals surface area (Å²) in [6, 6.07) is 74.5. The quantitative estimate of drug-likeness (QED) is 0.138. The zero-order valence-corrected chi connectivity index (χ0v) is 37.8. The molecule has 0 aromatic heterocycles. The van der Waals surface area contributed by atoms with E-state index in [1.165, 1.54) is 97.7 Å². The number of nitrogens with zero attached hydrogens (tertiary/aromatic N) is 1. The van der Waals surface area contributed by atoms with Crippen LogP contribution in [0.4, 0.5) is 17.1 Å². The maximum absolute atomic E-state index is 2.48. The molecule has 0 N–H and O–H groups in total. The third-order valence-electron chi connectivity index (χ3n) is 13.1. The second kappa shape index (κ2) is 16.2. The maximum Gasteiger partial charge on any atom is 0.0462 e. The summed E-state index contributed by atoms with van der Waals surface area (Å²) in [5.74, 6) is 0. The minimum Gasteiger partial charge on any atom is -0.311 e. The number of anilines is 3.